The number of hydrogen-bond donors (Lipinski definition) is 1. The second-order valence-electron chi connectivity index (χ2n) is 8.35. The van der Waals surface area contributed by atoms with E-state index >= 15 is 0 Å². The number of rotatable bonds is 5. The first-order chi connectivity index (χ1) is 14.6. The highest BCUT2D eigenvalue weighted by Gasteiger charge is 2.37. The summed E-state index contributed by atoms with van der Waals surface area (Å²) in [6, 6.07) is 10.2. The Morgan fingerprint density at radius 3 is 2.42 bits per heavy atom. The SMILES string of the molecule is Cc1cccc(N(C(=O)c2csnn2)[C@H](C(=O)NC(C)(C)C)c2ccccc2F)c1C. The molecule has 0 spiro atoms. The molecule has 31 heavy (non-hydrogen) atoms. The fourth-order valence-corrected chi connectivity index (χ4v) is 3.71. The highest BCUT2D eigenvalue weighted by atomic mass is 32.1. The van der Waals surface area contributed by atoms with Gasteiger partial charge in [0.2, 0.25) is 5.91 Å². The van der Waals surface area contributed by atoms with Crippen molar-refractivity contribution >= 4 is 29.0 Å². The summed E-state index contributed by atoms with van der Waals surface area (Å²) >= 11 is 1.03. The number of carbonyl (C=O) groups excluding carboxylic acids is 2. The number of nitrogens with one attached hydrogen (secondary N) is 1. The first kappa shape index (κ1) is 22.6. The molecule has 1 heterocycles. The molecular formula is C23H25FN4O2S. The minimum absolute atomic E-state index is 0.0933. The van der Waals surface area contributed by atoms with Crippen LogP contribution in [0.25, 0.3) is 0 Å². The van der Waals surface area contributed by atoms with E-state index in [4.69, 9.17) is 0 Å². The number of hydrogen-bond acceptors (Lipinski definition) is 5. The van der Waals surface area contributed by atoms with Crippen molar-refractivity contribution in [2.45, 2.75) is 46.2 Å². The van der Waals surface area contributed by atoms with E-state index in [0.717, 1.165) is 22.7 Å². The molecule has 3 rings (SSSR count). The summed E-state index contributed by atoms with van der Waals surface area (Å²) in [7, 11) is 0. The van der Waals surface area contributed by atoms with Gasteiger partial charge >= 0.3 is 0 Å². The summed E-state index contributed by atoms with van der Waals surface area (Å²) in [6.45, 7) is 9.27. The number of amides is 2. The van der Waals surface area contributed by atoms with E-state index in [9.17, 15) is 14.0 Å². The standard InChI is InChI=1S/C23H25FN4O2S/c1-14-9-8-12-19(15(14)2)28(22(30)18-13-31-27-26-18)20(21(29)25-23(3,4)5)16-10-6-7-11-17(16)24/h6-13,20H,1-5H3,(H,25,29)/t20-/m0/s1. The van der Waals surface area contributed by atoms with Gasteiger partial charge in [-0.05, 0) is 69.4 Å². The van der Waals surface area contributed by atoms with Crippen LogP contribution in [0.15, 0.2) is 47.8 Å². The molecule has 0 unspecified atom stereocenters. The molecule has 0 radical (unpaired) electrons. The van der Waals surface area contributed by atoms with Crippen molar-refractivity contribution in [3.05, 3.63) is 76.0 Å². The van der Waals surface area contributed by atoms with Crippen molar-refractivity contribution in [3.63, 3.8) is 0 Å². The van der Waals surface area contributed by atoms with Crippen LogP contribution >= 0.6 is 11.5 Å². The van der Waals surface area contributed by atoms with Gasteiger partial charge < -0.3 is 5.32 Å². The van der Waals surface area contributed by atoms with Crippen LogP contribution in [-0.2, 0) is 4.79 Å². The van der Waals surface area contributed by atoms with Crippen molar-refractivity contribution in [2.75, 3.05) is 4.90 Å². The van der Waals surface area contributed by atoms with Crippen LogP contribution in [0.3, 0.4) is 0 Å². The molecule has 0 saturated heterocycles. The predicted octanol–water partition coefficient (Wildman–Crippen LogP) is 4.60. The molecule has 6 nitrogen and oxygen atoms in total. The summed E-state index contributed by atoms with van der Waals surface area (Å²) in [5.41, 5.74) is 1.87. The van der Waals surface area contributed by atoms with Gasteiger partial charge in [-0.15, -0.1) is 5.10 Å². The van der Waals surface area contributed by atoms with E-state index in [-0.39, 0.29) is 11.3 Å². The molecule has 0 aliphatic rings. The van der Waals surface area contributed by atoms with Crippen LogP contribution in [0.4, 0.5) is 10.1 Å². The van der Waals surface area contributed by atoms with Crippen LogP contribution < -0.4 is 10.2 Å². The Morgan fingerprint density at radius 2 is 1.81 bits per heavy atom. The van der Waals surface area contributed by atoms with Gasteiger partial charge in [-0.3, -0.25) is 14.5 Å². The average Bonchev–Trinajstić information content (AvgIpc) is 3.22. The normalized spacial score (nSPS) is 12.3. The van der Waals surface area contributed by atoms with Crippen LogP contribution in [-0.4, -0.2) is 26.9 Å². The van der Waals surface area contributed by atoms with Crippen molar-refractivity contribution in [1.29, 1.82) is 0 Å². The van der Waals surface area contributed by atoms with E-state index in [1.54, 1.807) is 24.3 Å². The molecule has 0 fully saturated rings. The summed E-state index contributed by atoms with van der Waals surface area (Å²) < 4.78 is 18.7. The number of carbonyl (C=O) groups is 2. The topological polar surface area (TPSA) is 75.2 Å². The third kappa shape index (κ3) is 4.96. The van der Waals surface area contributed by atoms with Gasteiger partial charge in [0.25, 0.3) is 5.91 Å². The predicted molar refractivity (Wildman–Crippen MR) is 120 cm³/mol. The molecule has 1 atom stereocenters. The molecule has 1 N–H and O–H groups in total. The van der Waals surface area contributed by atoms with Gasteiger partial charge in [0.1, 0.15) is 11.9 Å². The second kappa shape index (κ2) is 8.93. The van der Waals surface area contributed by atoms with Gasteiger partial charge in [0, 0.05) is 22.2 Å². The highest BCUT2D eigenvalue weighted by Crippen LogP contribution is 2.34. The van der Waals surface area contributed by atoms with Gasteiger partial charge in [0.15, 0.2) is 5.69 Å². The molecule has 0 aliphatic heterocycles. The fraction of sp³-hybridized carbons (Fsp3) is 0.304. The lowest BCUT2D eigenvalue weighted by atomic mass is 9.98. The number of anilines is 1. The lowest BCUT2D eigenvalue weighted by Gasteiger charge is -2.34. The Labute approximate surface area is 185 Å². The molecule has 2 aromatic carbocycles. The third-order valence-electron chi connectivity index (χ3n) is 4.84. The van der Waals surface area contributed by atoms with E-state index in [2.05, 4.69) is 14.9 Å². The summed E-state index contributed by atoms with van der Waals surface area (Å²) in [5, 5.41) is 8.31. The van der Waals surface area contributed by atoms with E-state index in [1.807, 2.05) is 40.7 Å². The Bertz CT molecular complexity index is 1090. The molecule has 0 bridgehead atoms. The van der Waals surface area contributed by atoms with Crippen molar-refractivity contribution < 1.29 is 14.0 Å². The number of aryl methyl sites for hydroxylation is 1. The molecule has 3 aromatic rings. The lowest BCUT2D eigenvalue weighted by molar-refractivity contribution is -0.124. The van der Waals surface area contributed by atoms with Crippen molar-refractivity contribution in [1.82, 2.24) is 14.9 Å². The quantitative estimate of drug-likeness (QED) is 0.629. The molecular weight excluding hydrogens is 415 g/mol. The zero-order valence-electron chi connectivity index (χ0n) is 18.1. The smallest absolute Gasteiger partial charge is 0.280 e. The van der Waals surface area contributed by atoms with E-state index in [0.29, 0.717) is 5.69 Å². The second-order valence-corrected chi connectivity index (χ2v) is 8.96. The maximum Gasteiger partial charge on any atom is 0.280 e. The minimum Gasteiger partial charge on any atom is -0.349 e. The van der Waals surface area contributed by atoms with Crippen LogP contribution in [0.5, 0.6) is 0 Å². The number of aromatic nitrogens is 2. The monoisotopic (exact) mass is 440 g/mol. The maximum absolute atomic E-state index is 15.0. The van der Waals surface area contributed by atoms with E-state index < -0.39 is 29.2 Å². The first-order valence-corrected chi connectivity index (χ1v) is 10.7. The lowest BCUT2D eigenvalue weighted by Crippen LogP contribution is -2.50. The largest absolute Gasteiger partial charge is 0.349 e. The van der Waals surface area contributed by atoms with Gasteiger partial charge in [-0.1, -0.05) is 34.8 Å². The van der Waals surface area contributed by atoms with E-state index in [1.165, 1.54) is 22.4 Å². The Balaban J connectivity index is 2.26. The average molecular weight is 441 g/mol. The van der Waals surface area contributed by atoms with Crippen LogP contribution in [0.2, 0.25) is 0 Å². The number of nitrogens with zero attached hydrogens (tertiary/aromatic N) is 3. The van der Waals surface area contributed by atoms with Crippen molar-refractivity contribution in [2.24, 2.45) is 0 Å². The fourth-order valence-electron chi connectivity index (χ4n) is 3.28. The maximum atomic E-state index is 15.0. The summed E-state index contributed by atoms with van der Waals surface area (Å²) in [5.74, 6) is -1.59. The van der Waals surface area contributed by atoms with Crippen molar-refractivity contribution in [3.8, 4) is 0 Å². The number of benzene rings is 2. The minimum atomic E-state index is -1.24. The van der Waals surface area contributed by atoms with Gasteiger partial charge in [-0.25, -0.2) is 4.39 Å². The van der Waals surface area contributed by atoms with Crippen LogP contribution in [0.1, 0.15) is 54.0 Å². The first-order valence-electron chi connectivity index (χ1n) is 9.83. The third-order valence-corrected chi connectivity index (χ3v) is 5.34. The zero-order chi connectivity index (χ0) is 22.8. The van der Waals surface area contributed by atoms with Gasteiger partial charge in [0.05, 0.1) is 0 Å². The molecule has 0 saturated carbocycles. The van der Waals surface area contributed by atoms with Gasteiger partial charge in [-0.2, -0.15) is 0 Å². The molecule has 162 valence electrons. The molecule has 1 aromatic heterocycles. The summed E-state index contributed by atoms with van der Waals surface area (Å²) in [4.78, 5) is 28.4. The molecule has 2 amide bonds. The summed E-state index contributed by atoms with van der Waals surface area (Å²) in [6.07, 6.45) is 0. The Morgan fingerprint density at radius 1 is 1.10 bits per heavy atom. The zero-order valence-corrected chi connectivity index (χ0v) is 19.0. The Kier molecular flexibility index (Phi) is 6.50. The molecule has 0 aliphatic carbocycles. The van der Waals surface area contributed by atoms with Crippen LogP contribution in [0, 0.1) is 19.7 Å². The highest BCUT2D eigenvalue weighted by molar-refractivity contribution is 7.03. The molecule has 8 heteroatoms. The Hall–Kier alpha value is -3.13. The number of halogens is 1.